The Morgan fingerprint density at radius 3 is 2.68 bits per heavy atom. The summed E-state index contributed by atoms with van der Waals surface area (Å²) in [6.07, 6.45) is 0.101. The number of anilines is 3. The second-order valence-electron chi connectivity index (χ2n) is 4.64. The van der Waals surface area contributed by atoms with Crippen LogP contribution in [0.5, 0.6) is 5.75 Å². The zero-order valence-corrected chi connectivity index (χ0v) is 13.1. The highest BCUT2D eigenvalue weighted by atomic mass is 35.5. The Kier molecular flexibility index (Phi) is 5.12. The summed E-state index contributed by atoms with van der Waals surface area (Å²) in [7, 11) is 2.87. The minimum absolute atomic E-state index is 0.101. The molecule has 0 aromatic heterocycles. The number of nitrogens with one attached hydrogen (secondary N) is 1. The van der Waals surface area contributed by atoms with Gasteiger partial charge in [0, 0.05) is 22.3 Å². The van der Waals surface area contributed by atoms with E-state index in [9.17, 15) is 4.79 Å². The molecule has 0 radical (unpaired) electrons. The molecule has 0 unspecified atom stereocenters. The van der Waals surface area contributed by atoms with Crippen LogP contribution < -0.4 is 15.8 Å². The molecule has 0 aliphatic rings. The number of rotatable bonds is 5. The van der Waals surface area contributed by atoms with Crippen molar-refractivity contribution in [3.05, 3.63) is 47.0 Å². The number of ether oxygens (including phenoxy) is 2. The van der Waals surface area contributed by atoms with Gasteiger partial charge in [0.15, 0.2) is 0 Å². The Bertz CT molecular complexity index is 689. The molecule has 6 heteroatoms. The number of methoxy groups -OCH3 is 2. The highest BCUT2D eigenvalue weighted by Crippen LogP contribution is 2.32. The van der Waals surface area contributed by atoms with Gasteiger partial charge in [-0.2, -0.15) is 0 Å². The van der Waals surface area contributed by atoms with Gasteiger partial charge in [0.2, 0.25) is 0 Å². The first-order chi connectivity index (χ1) is 10.5. The van der Waals surface area contributed by atoms with Gasteiger partial charge in [-0.15, -0.1) is 0 Å². The fourth-order valence-corrected chi connectivity index (χ4v) is 2.22. The lowest BCUT2D eigenvalue weighted by molar-refractivity contribution is -0.139. The molecule has 0 aliphatic carbocycles. The largest absolute Gasteiger partial charge is 0.496 e. The lowest BCUT2D eigenvalue weighted by Crippen LogP contribution is -2.07. The van der Waals surface area contributed by atoms with E-state index >= 15 is 0 Å². The molecule has 0 bridgehead atoms. The SMILES string of the molecule is COC(=O)Cc1cc(Nc2cccc(Cl)c2)c(N)cc1OC. The van der Waals surface area contributed by atoms with Gasteiger partial charge in [-0.25, -0.2) is 0 Å². The molecule has 0 amide bonds. The molecule has 2 aromatic carbocycles. The Labute approximate surface area is 134 Å². The van der Waals surface area contributed by atoms with Gasteiger partial charge in [0.25, 0.3) is 0 Å². The van der Waals surface area contributed by atoms with Crippen LogP contribution in [-0.4, -0.2) is 20.2 Å². The van der Waals surface area contributed by atoms with Crippen LogP contribution in [-0.2, 0) is 16.0 Å². The topological polar surface area (TPSA) is 73.6 Å². The highest BCUT2D eigenvalue weighted by molar-refractivity contribution is 6.30. The van der Waals surface area contributed by atoms with Crippen LogP contribution in [0.3, 0.4) is 0 Å². The van der Waals surface area contributed by atoms with E-state index in [0.29, 0.717) is 27.7 Å². The van der Waals surface area contributed by atoms with Crippen LogP contribution in [0, 0.1) is 0 Å². The molecule has 0 fully saturated rings. The van der Waals surface area contributed by atoms with Crippen molar-refractivity contribution in [2.45, 2.75) is 6.42 Å². The number of nitrogens with two attached hydrogens (primary N) is 1. The van der Waals surface area contributed by atoms with Gasteiger partial charge in [-0.3, -0.25) is 4.79 Å². The number of hydrogen-bond donors (Lipinski definition) is 2. The Hall–Kier alpha value is -2.40. The van der Waals surface area contributed by atoms with Crippen LogP contribution >= 0.6 is 11.6 Å². The van der Waals surface area contributed by atoms with Gasteiger partial charge < -0.3 is 20.5 Å². The smallest absolute Gasteiger partial charge is 0.310 e. The molecule has 0 saturated heterocycles. The van der Waals surface area contributed by atoms with Gasteiger partial charge in [-0.05, 0) is 24.3 Å². The van der Waals surface area contributed by atoms with Crippen LogP contribution in [0.2, 0.25) is 5.02 Å². The lowest BCUT2D eigenvalue weighted by atomic mass is 10.1. The molecule has 0 heterocycles. The lowest BCUT2D eigenvalue weighted by Gasteiger charge is -2.14. The Morgan fingerprint density at radius 2 is 2.05 bits per heavy atom. The van der Waals surface area contributed by atoms with Gasteiger partial charge in [0.05, 0.1) is 32.0 Å². The van der Waals surface area contributed by atoms with Crippen LogP contribution in [0.15, 0.2) is 36.4 Å². The second-order valence-corrected chi connectivity index (χ2v) is 5.08. The van der Waals surface area contributed by atoms with E-state index < -0.39 is 0 Å². The number of esters is 1. The molecule has 5 nitrogen and oxygen atoms in total. The van der Waals surface area contributed by atoms with Crippen LogP contribution in [0.1, 0.15) is 5.56 Å². The highest BCUT2D eigenvalue weighted by Gasteiger charge is 2.13. The van der Waals surface area contributed by atoms with E-state index in [-0.39, 0.29) is 12.4 Å². The first kappa shape index (κ1) is 16.0. The van der Waals surface area contributed by atoms with Gasteiger partial charge >= 0.3 is 5.97 Å². The molecule has 22 heavy (non-hydrogen) atoms. The first-order valence-electron chi connectivity index (χ1n) is 6.59. The van der Waals surface area contributed by atoms with E-state index in [1.807, 2.05) is 12.1 Å². The van der Waals surface area contributed by atoms with Crippen LogP contribution in [0.25, 0.3) is 0 Å². The third-order valence-corrected chi connectivity index (χ3v) is 3.35. The quantitative estimate of drug-likeness (QED) is 0.652. The van der Waals surface area contributed by atoms with Crippen molar-refractivity contribution in [3.8, 4) is 5.75 Å². The first-order valence-corrected chi connectivity index (χ1v) is 6.97. The summed E-state index contributed by atoms with van der Waals surface area (Å²) in [5.74, 6) is 0.191. The maximum absolute atomic E-state index is 11.5. The van der Waals surface area contributed by atoms with E-state index in [0.717, 1.165) is 5.69 Å². The Balaban J connectivity index is 2.34. The summed E-state index contributed by atoms with van der Waals surface area (Å²) >= 11 is 5.97. The summed E-state index contributed by atoms with van der Waals surface area (Å²) in [4.78, 5) is 11.5. The molecular formula is C16H17ClN2O3. The van der Waals surface area contributed by atoms with Crippen molar-refractivity contribution >= 4 is 34.6 Å². The number of nitrogen functional groups attached to an aromatic ring is 1. The third-order valence-electron chi connectivity index (χ3n) is 3.12. The molecule has 0 atom stereocenters. The zero-order valence-electron chi connectivity index (χ0n) is 12.4. The summed E-state index contributed by atoms with van der Waals surface area (Å²) < 4.78 is 9.95. The number of carbonyl (C=O) groups excluding carboxylic acids is 1. The standard InChI is InChI=1S/C16H17ClN2O3/c1-21-15-9-13(18)14(6-10(15)7-16(20)22-2)19-12-5-3-4-11(17)8-12/h3-6,8-9,19H,7,18H2,1-2H3. The monoisotopic (exact) mass is 320 g/mol. The average molecular weight is 321 g/mol. The van der Waals surface area contributed by atoms with Gasteiger partial charge in [0.1, 0.15) is 5.75 Å². The molecule has 0 spiro atoms. The zero-order chi connectivity index (χ0) is 16.1. The third kappa shape index (κ3) is 3.83. The number of halogens is 1. The number of benzene rings is 2. The van der Waals surface area contributed by atoms with Crippen molar-refractivity contribution < 1.29 is 14.3 Å². The number of carbonyl (C=O) groups is 1. The summed E-state index contributed by atoms with van der Waals surface area (Å²) in [6.45, 7) is 0. The molecular weight excluding hydrogens is 304 g/mol. The second kappa shape index (κ2) is 7.04. The van der Waals surface area contributed by atoms with Crippen molar-refractivity contribution in [2.24, 2.45) is 0 Å². The molecule has 3 N–H and O–H groups in total. The maximum atomic E-state index is 11.5. The fraction of sp³-hybridized carbons (Fsp3) is 0.188. The summed E-state index contributed by atoms with van der Waals surface area (Å²) in [5, 5.41) is 3.80. The molecule has 2 rings (SSSR count). The predicted molar refractivity (Wildman–Crippen MR) is 87.9 cm³/mol. The van der Waals surface area contributed by atoms with E-state index in [1.165, 1.54) is 14.2 Å². The average Bonchev–Trinajstić information content (AvgIpc) is 2.50. The van der Waals surface area contributed by atoms with E-state index in [4.69, 9.17) is 26.8 Å². The molecule has 0 saturated carbocycles. The van der Waals surface area contributed by atoms with Crippen molar-refractivity contribution in [2.75, 3.05) is 25.3 Å². The molecule has 2 aromatic rings. The number of hydrogen-bond acceptors (Lipinski definition) is 5. The van der Waals surface area contributed by atoms with Crippen molar-refractivity contribution in [3.63, 3.8) is 0 Å². The molecule has 116 valence electrons. The molecule has 0 aliphatic heterocycles. The minimum atomic E-state index is -0.350. The van der Waals surface area contributed by atoms with Gasteiger partial charge in [-0.1, -0.05) is 17.7 Å². The Morgan fingerprint density at radius 1 is 1.27 bits per heavy atom. The fourth-order valence-electron chi connectivity index (χ4n) is 2.03. The predicted octanol–water partition coefficient (Wildman–Crippen LogP) is 3.39. The van der Waals surface area contributed by atoms with Crippen molar-refractivity contribution in [1.82, 2.24) is 0 Å². The van der Waals surface area contributed by atoms with E-state index in [2.05, 4.69) is 5.32 Å². The minimum Gasteiger partial charge on any atom is -0.496 e. The van der Waals surface area contributed by atoms with E-state index in [1.54, 1.807) is 24.3 Å². The summed E-state index contributed by atoms with van der Waals surface area (Å²) in [6, 6.07) is 10.7. The van der Waals surface area contributed by atoms with Crippen molar-refractivity contribution in [1.29, 1.82) is 0 Å². The normalized spacial score (nSPS) is 10.1. The maximum Gasteiger partial charge on any atom is 0.310 e. The summed E-state index contributed by atoms with van der Waals surface area (Å²) in [5.41, 5.74) is 8.68. The van der Waals surface area contributed by atoms with Crippen LogP contribution in [0.4, 0.5) is 17.1 Å².